The van der Waals surface area contributed by atoms with Crippen molar-refractivity contribution in [2.45, 2.75) is 131 Å². The molecule has 1 N–H and O–H groups in total. The molecule has 2 unspecified atom stereocenters. The molecule has 1 amide bonds. The number of halogens is 1. The Morgan fingerprint density at radius 1 is 0.887 bits per heavy atom. The van der Waals surface area contributed by atoms with E-state index in [0.29, 0.717) is 49.6 Å². The predicted molar refractivity (Wildman–Crippen MR) is 209 cm³/mol. The van der Waals surface area contributed by atoms with Crippen LogP contribution in [0.3, 0.4) is 0 Å². The third kappa shape index (κ3) is 6.30. The van der Waals surface area contributed by atoms with Crippen molar-refractivity contribution in [3.63, 3.8) is 0 Å². The van der Waals surface area contributed by atoms with Crippen molar-refractivity contribution >= 4 is 21.7 Å². The summed E-state index contributed by atoms with van der Waals surface area (Å²) in [6.45, 7) is 17.5. The summed E-state index contributed by atoms with van der Waals surface area (Å²) in [6.07, 6.45) is 19.1. The van der Waals surface area contributed by atoms with E-state index >= 15 is 0 Å². The van der Waals surface area contributed by atoms with E-state index in [1.54, 1.807) is 6.92 Å². The highest BCUT2D eigenvalue weighted by atomic mass is 32.2. The second-order valence-electron chi connectivity index (χ2n) is 20.5. The summed E-state index contributed by atoms with van der Waals surface area (Å²) in [5, 5.41) is 9.81. The molecule has 9 atom stereocenters. The van der Waals surface area contributed by atoms with Crippen LogP contribution in [0.4, 0.5) is 4.39 Å². The lowest BCUT2D eigenvalue weighted by atomic mass is 9.32. The lowest BCUT2D eigenvalue weighted by Crippen LogP contribution is -2.65. The summed E-state index contributed by atoms with van der Waals surface area (Å²) in [4.78, 5) is 29.6. The summed E-state index contributed by atoms with van der Waals surface area (Å²) in [5.41, 5.74) is 2.30. The Balaban J connectivity index is 1.07. The number of aliphatic carboxylic acids is 1. The van der Waals surface area contributed by atoms with Gasteiger partial charge >= 0.3 is 5.97 Å². The maximum atomic E-state index is 14.0. The molecule has 0 aromatic rings. The Bertz CT molecular complexity index is 1630. The van der Waals surface area contributed by atoms with Crippen LogP contribution in [-0.2, 0) is 19.4 Å². The molecule has 7 nitrogen and oxygen atoms in total. The molecule has 7 rings (SSSR count). The lowest BCUT2D eigenvalue weighted by molar-refractivity contribution is -0.225. The van der Waals surface area contributed by atoms with Crippen LogP contribution in [0, 0.1) is 56.2 Å². The minimum atomic E-state index is -2.89. The van der Waals surface area contributed by atoms with E-state index in [1.165, 1.54) is 68.9 Å². The topological polar surface area (TPSA) is 95.0 Å². The first-order valence-electron chi connectivity index (χ1n) is 21.2. The zero-order valence-electron chi connectivity index (χ0n) is 33.8. The van der Waals surface area contributed by atoms with Crippen molar-refractivity contribution in [3.05, 3.63) is 23.3 Å². The standard InChI is InChI=1S/C44H69FN2O5S/c1-31(48)47(24-8-23-46-25-27-53(51,52)28-26-46)30-44-16-7-9-35(44)34-10-11-37-40(4)17-14-33(32-12-19-43(29-45,20-13-32)38(49)50)39(2,3)36(40)15-18-42(37,6)41(34,5)21-22-44/h12,14,34-37H,7-11,13,15-30H2,1-6H3,(H,49,50)/t34-,35-,36?,37?,40+,41-,42-,43-,44-/m1/s1. The fourth-order valence-electron chi connectivity index (χ4n) is 14.8. The smallest absolute Gasteiger partial charge is 0.312 e. The number of carbonyl (C=O) groups is 2. The second-order valence-corrected chi connectivity index (χ2v) is 22.8. The van der Waals surface area contributed by atoms with Crippen LogP contribution in [-0.4, -0.2) is 86.1 Å². The van der Waals surface area contributed by atoms with Crippen LogP contribution in [0.25, 0.3) is 0 Å². The van der Waals surface area contributed by atoms with Crippen molar-refractivity contribution in [2.24, 2.45) is 56.2 Å². The molecule has 4 saturated carbocycles. The normalized spacial score (nSPS) is 43.3. The number of hydrogen-bond acceptors (Lipinski definition) is 5. The third-order valence-electron chi connectivity index (χ3n) is 18.1. The number of carboxylic acids is 1. The van der Waals surface area contributed by atoms with Gasteiger partial charge in [-0.2, -0.15) is 0 Å². The molecule has 6 aliphatic carbocycles. The van der Waals surface area contributed by atoms with Gasteiger partial charge in [0.25, 0.3) is 0 Å². The summed E-state index contributed by atoms with van der Waals surface area (Å²) >= 11 is 0. The highest BCUT2D eigenvalue weighted by Gasteiger charge is 2.69. The van der Waals surface area contributed by atoms with Gasteiger partial charge in [-0.15, -0.1) is 0 Å². The van der Waals surface area contributed by atoms with Crippen LogP contribution in [0.2, 0.25) is 0 Å². The van der Waals surface area contributed by atoms with Crippen LogP contribution in [0.5, 0.6) is 0 Å². The van der Waals surface area contributed by atoms with E-state index in [-0.39, 0.29) is 50.9 Å². The highest BCUT2D eigenvalue weighted by molar-refractivity contribution is 7.91. The summed E-state index contributed by atoms with van der Waals surface area (Å²) in [5.74, 6) is 2.22. The van der Waals surface area contributed by atoms with E-state index in [2.05, 4.69) is 56.6 Å². The maximum Gasteiger partial charge on any atom is 0.312 e. The van der Waals surface area contributed by atoms with Gasteiger partial charge in [0.15, 0.2) is 9.84 Å². The van der Waals surface area contributed by atoms with Crippen LogP contribution in [0.1, 0.15) is 131 Å². The largest absolute Gasteiger partial charge is 0.481 e. The first-order valence-corrected chi connectivity index (χ1v) is 23.1. The molecule has 298 valence electrons. The Labute approximate surface area is 319 Å². The first kappa shape index (κ1) is 39.5. The van der Waals surface area contributed by atoms with Crippen LogP contribution >= 0.6 is 0 Å². The second kappa shape index (κ2) is 13.7. The highest BCUT2D eigenvalue weighted by Crippen LogP contribution is 2.77. The van der Waals surface area contributed by atoms with Gasteiger partial charge in [-0.1, -0.05) is 53.2 Å². The van der Waals surface area contributed by atoms with E-state index < -0.39 is 27.9 Å². The van der Waals surface area contributed by atoms with Gasteiger partial charge in [-0.05, 0) is 152 Å². The Morgan fingerprint density at radius 2 is 1.62 bits per heavy atom. The van der Waals surface area contributed by atoms with Gasteiger partial charge in [0.05, 0.1) is 16.9 Å². The summed E-state index contributed by atoms with van der Waals surface area (Å²) in [6, 6.07) is 0. The van der Waals surface area contributed by atoms with Crippen molar-refractivity contribution in [3.8, 4) is 0 Å². The van der Waals surface area contributed by atoms with Gasteiger partial charge in [0.2, 0.25) is 5.91 Å². The minimum Gasteiger partial charge on any atom is -0.481 e. The van der Waals surface area contributed by atoms with Gasteiger partial charge in [-0.25, -0.2) is 12.8 Å². The maximum absolute atomic E-state index is 14.0. The minimum absolute atomic E-state index is 0.0219. The molecule has 53 heavy (non-hydrogen) atoms. The molecule has 9 heteroatoms. The van der Waals surface area contributed by atoms with Crippen molar-refractivity contribution in [1.29, 1.82) is 0 Å². The molecule has 1 aliphatic heterocycles. The molecule has 0 aromatic heterocycles. The number of carbonyl (C=O) groups excluding carboxylic acids is 1. The van der Waals surface area contributed by atoms with E-state index in [1.807, 2.05) is 0 Å². The van der Waals surface area contributed by atoms with Gasteiger partial charge in [-0.3, -0.25) is 9.59 Å². The van der Waals surface area contributed by atoms with Gasteiger partial charge < -0.3 is 14.9 Å². The van der Waals surface area contributed by atoms with E-state index in [4.69, 9.17) is 0 Å². The Hall–Kier alpha value is -1.74. The number of fused-ring (bicyclic) bond motifs is 7. The van der Waals surface area contributed by atoms with Crippen LogP contribution < -0.4 is 0 Å². The first-order chi connectivity index (χ1) is 24.9. The zero-order chi connectivity index (χ0) is 38.2. The summed E-state index contributed by atoms with van der Waals surface area (Å²) in [7, 11) is -2.89. The monoisotopic (exact) mass is 756 g/mol. The zero-order valence-corrected chi connectivity index (χ0v) is 34.6. The number of carboxylic acid groups (broad SMARTS) is 1. The Kier molecular flexibility index (Phi) is 10.2. The number of nitrogens with zero attached hydrogens (tertiary/aromatic N) is 2. The third-order valence-corrected chi connectivity index (χ3v) is 19.7. The number of sulfone groups is 1. The quantitative estimate of drug-likeness (QED) is 0.254. The molecule has 0 aromatic carbocycles. The van der Waals surface area contributed by atoms with Gasteiger partial charge in [0.1, 0.15) is 6.67 Å². The fourth-order valence-corrected chi connectivity index (χ4v) is 16.1. The summed E-state index contributed by atoms with van der Waals surface area (Å²) < 4.78 is 37.8. The molecule has 0 spiro atoms. The Morgan fingerprint density at radius 3 is 2.26 bits per heavy atom. The molecular formula is C44H69FN2O5S. The number of allylic oxidation sites excluding steroid dienone is 4. The fraction of sp³-hybridized carbons (Fsp3) is 0.864. The molecular weight excluding hydrogens is 688 g/mol. The number of rotatable bonds is 9. The molecule has 7 aliphatic rings. The van der Waals surface area contributed by atoms with Gasteiger partial charge in [0, 0.05) is 33.1 Å². The van der Waals surface area contributed by atoms with Crippen LogP contribution in [0.15, 0.2) is 23.3 Å². The number of amides is 1. The molecule has 0 radical (unpaired) electrons. The predicted octanol–water partition coefficient (Wildman–Crippen LogP) is 8.50. The molecule has 5 fully saturated rings. The van der Waals surface area contributed by atoms with E-state index in [9.17, 15) is 27.5 Å². The van der Waals surface area contributed by atoms with Crippen molar-refractivity contribution in [2.75, 3.05) is 50.9 Å². The average molecular weight is 757 g/mol. The number of alkyl halides is 1. The number of hydrogen-bond donors (Lipinski definition) is 1. The van der Waals surface area contributed by atoms with E-state index in [0.717, 1.165) is 32.5 Å². The molecule has 1 saturated heterocycles. The van der Waals surface area contributed by atoms with Crippen molar-refractivity contribution < 1.29 is 27.5 Å². The van der Waals surface area contributed by atoms with Crippen molar-refractivity contribution in [1.82, 2.24) is 9.80 Å². The SMILES string of the molecule is CC(=O)N(CCCN1CCS(=O)(=O)CC1)C[C@]12CCC[C@@H]1[C@H]1CCC3[C@@]4(C)CC=C(C5=CC[C@@](CF)(C(=O)O)CC5)C(C)(C)C4CC[C@@]3(C)[C@]1(C)CC2. The molecule has 0 bridgehead atoms. The lowest BCUT2D eigenvalue weighted by Gasteiger charge is -2.72. The average Bonchev–Trinajstić information content (AvgIpc) is 3.52. The molecule has 1 heterocycles.